The Bertz CT molecular complexity index is 603. The van der Waals surface area contributed by atoms with Gasteiger partial charge in [-0.15, -0.1) is 0 Å². The Hall–Kier alpha value is -1.77. The molecule has 3 nitrogen and oxygen atoms in total. The number of fused-ring (bicyclic) bond motifs is 1. The topological polar surface area (TPSA) is 48.1 Å². The third-order valence-electron chi connectivity index (χ3n) is 4.09. The Labute approximate surface area is 120 Å². The zero-order chi connectivity index (χ0) is 13.9. The average molecular weight is 270 g/mol. The lowest BCUT2D eigenvalue weighted by molar-refractivity contribution is 0.320. The van der Waals surface area contributed by atoms with Gasteiger partial charge in [-0.25, -0.2) is 4.98 Å². The fourth-order valence-corrected chi connectivity index (χ4v) is 3.03. The Morgan fingerprint density at radius 1 is 1.30 bits per heavy atom. The summed E-state index contributed by atoms with van der Waals surface area (Å²) < 4.78 is 5.82. The summed E-state index contributed by atoms with van der Waals surface area (Å²) in [5.41, 5.74) is 9.10. The molecule has 0 atom stereocenters. The lowest BCUT2D eigenvalue weighted by Crippen LogP contribution is -2.02. The van der Waals surface area contributed by atoms with Crippen LogP contribution in [0.15, 0.2) is 24.3 Å². The molecule has 1 fully saturated rings. The zero-order valence-electron chi connectivity index (χ0n) is 12.1. The second-order valence-corrected chi connectivity index (χ2v) is 5.62. The van der Waals surface area contributed by atoms with Crippen molar-refractivity contribution in [3.8, 4) is 5.75 Å². The van der Waals surface area contributed by atoms with Crippen LogP contribution < -0.4 is 10.5 Å². The molecule has 2 N–H and O–H groups in total. The second-order valence-electron chi connectivity index (χ2n) is 5.62. The van der Waals surface area contributed by atoms with Crippen molar-refractivity contribution in [1.29, 1.82) is 0 Å². The summed E-state index contributed by atoms with van der Waals surface area (Å²) >= 11 is 0. The number of nitrogens with zero attached hydrogens (tertiary/aromatic N) is 1. The standard InChI is InChI=1S/C17H22N2O/c1-2-10-20-16-9-5-8-13-14(18)11-15(19-17(13)16)12-6-3-4-7-12/h5,8-9,11-12H,2-4,6-7,10H2,1H3,(H2,18,19). The summed E-state index contributed by atoms with van der Waals surface area (Å²) in [6.45, 7) is 2.82. The predicted molar refractivity (Wildman–Crippen MR) is 83.2 cm³/mol. The molecule has 0 radical (unpaired) electrons. The summed E-state index contributed by atoms with van der Waals surface area (Å²) in [5, 5.41) is 1.00. The summed E-state index contributed by atoms with van der Waals surface area (Å²) in [7, 11) is 0. The number of pyridine rings is 1. The van der Waals surface area contributed by atoms with Gasteiger partial charge in [-0.2, -0.15) is 0 Å². The number of hydrogen-bond donors (Lipinski definition) is 1. The van der Waals surface area contributed by atoms with E-state index < -0.39 is 0 Å². The maximum atomic E-state index is 6.23. The van der Waals surface area contributed by atoms with E-state index in [4.69, 9.17) is 15.5 Å². The van der Waals surface area contributed by atoms with E-state index >= 15 is 0 Å². The van der Waals surface area contributed by atoms with Crippen LogP contribution in [0.25, 0.3) is 10.9 Å². The Kier molecular flexibility index (Phi) is 3.77. The molecule has 1 aliphatic rings. The number of rotatable bonds is 4. The van der Waals surface area contributed by atoms with Crippen molar-refractivity contribution >= 4 is 16.6 Å². The minimum Gasteiger partial charge on any atom is -0.491 e. The van der Waals surface area contributed by atoms with Gasteiger partial charge >= 0.3 is 0 Å². The SMILES string of the molecule is CCCOc1cccc2c(N)cc(C3CCCC3)nc12. The molecule has 0 bridgehead atoms. The molecule has 2 aromatic rings. The first-order valence-electron chi connectivity index (χ1n) is 7.61. The molecule has 0 spiro atoms. The molecule has 1 saturated carbocycles. The van der Waals surface area contributed by atoms with E-state index in [0.717, 1.165) is 34.5 Å². The molecule has 106 valence electrons. The van der Waals surface area contributed by atoms with Crippen molar-refractivity contribution in [2.24, 2.45) is 0 Å². The van der Waals surface area contributed by atoms with Gasteiger partial charge in [0.2, 0.25) is 0 Å². The van der Waals surface area contributed by atoms with Crippen molar-refractivity contribution in [2.45, 2.75) is 44.9 Å². The van der Waals surface area contributed by atoms with E-state index in [0.29, 0.717) is 12.5 Å². The van der Waals surface area contributed by atoms with Crippen LogP contribution in [0.1, 0.15) is 50.6 Å². The lowest BCUT2D eigenvalue weighted by Gasteiger charge is -2.14. The van der Waals surface area contributed by atoms with E-state index in [1.54, 1.807) is 0 Å². The quantitative estimate of drug-likeness (QED) is 0.902. The first-order chi connectivity index (χ1) is 9.79. The molecule has 1 aliphatic carbocycles. The normalized spacial score (nSPS) is 15.8. The third kappa shape index (κ3) is 2.45. The van der Waals surface area contributed by atoms with Crippen LogP contribution in [0.5, 0.6) is 5.75 Å². The molecule has 1 aromatic carbocycles. The number of anilines is 1. The molecule has 3 heteroatoms. The van der Waals surface area contributed by atoms with Gasteiger partial charge in [-0.1, -0.05) is 31.9 Å². The predicted octanol–water partition coefficient (Wildman–Crippen LogP) is 4.26. The molecule has 0 unspecified atom stereocenters. The highest BCUT2D eigenvalue weighted by atomic mass is 16.5. The highest BCUT2D eigenvalue weighted by molar-refractivity contribution is 5.94. The van der Waals surface area contributed by atoms with Crippen molar-refractivity contribution in [3.05, 3.63) is 30.0 Å². The third-order valence-corrected chi connectivity index (χ3v) is 4.09. The van der Waals surface area contributed by atoms with Crippen LogP contribution in [0.4, 0.5) is 5.69 Å². The number of ether oxygens (including phenoxy) is 1. The van der Waals surface area contributed by atoms with Crippen molar-refractivity contribution < 1.29 is 4.74 Å². The number of aromatic nitrogens is 1. The number of benzene rings is 1. The number of nitrogens with two attached hydrogens (primary N) is 1. The van der Waals surface area contributed by atoms with Gasteiger partial charge in [0.15, 0.2) is 0 Å². The van der Waals surface area contributed by atoms with Crippen LogP contribution >= 0.6 is 0 Å². The molecule has 1 aromatic heterocycles. The second kappa shape index (κ2) is 5.70. The highest BCUT2D eigenvalue weighted by Gasteiger charge is 2.20. The minimum atomic E-state index is 0.570. The van der Waals surface area contributed by atoms with Gasteiger partial charge in [0, 0.05) is 22.7 Å². The molecular formula is C17H22N2O. The zero-order valence-corrected chi connectivity index (χ0v) is 12.1. The molecular weight excluding hydrogens is 248 g/mol. The molecule has 3 rings (SSSR count). The van der Waals surface area contributed by atoms with E-state index in [9.17, 15) is 0 Å². The van der Waals surface area contributed by atoms with Gasteiger partial charge in [-0.05, 0) is 31.4 Å². The number of nitrogen functional groups attached to an aromatic ring is 1. The monoisotopic (exact) mass is 270 g/mol. The van der Waals surface area contributed by atoms with Crippen LogP contribution in [-0.2, 0) is 0 Å². The average Bonchev–Trinajstić information content (AvgIpc) is 2.99. The van der Waals surface area contributed by atoms with Gasteiger partial charge < -0.3 is 10.5 Å². The summed E-state index contributed by atoms with van der Waals surface area (Å²) in [4.78, 5) is 4.87. The molecule has 0 amide bonds. The van der Waals surface area contributed by atoms with Gasteiger partial charge in [0.05, 0.1) is 6.61 Å². The van der Waals surface area contributed by atoms with Crippen LogP contribution in [0, 0.1) is 0 Å². The van der Waals surface area contributed by atoms with E-state index in [-0.39, 0.29) is 0 Å². The van der Waals surface area contributed by atoms with Gasteiger partial charge in [-0.3, -0.25) is 0 Å². The summed E-state index contributed by atoms with van der Waals surface area (Å²) in [6.07, 6.45) is 6.07. The molecule has 0 aliphatic heterocycles. The highest BCUT2D eigenvalue weighted by Crippen LogP contribution is 2.37. The smallest absolute Gasteiger partial charge is 0.145 e. The van der Waals surface area contributed by atoms with E-state index in [1.807, 2.05) is 18.2 Å². The fourth-order valence-electron chi connectivity index (χ4n) is 3.03. The summed E-state index contributed by atoms with van der Waals surface area (Å²) in [6, 6.07) is 8.06. The summed E-state index contributed by atoms with van der Waals surface area (Å²) in [5.74, 6) is 1.43. The van der Waals surface area contributed by atoms with Crippen LogP contribution in [0.2, 0.25) is 0 Å². The van der Waals surface area contributed by atoms with E-state index in [2.05, 4.69) is 13.0 Å². The van der Waals surface area contributed by atoms with Crippen molar-refractivity contribution in [2.75, 3.05) is 12.3 Å². The molecule has 1 heterocycles. The van der Waals surface area contributed by atoms with Crippen LogP contribution in [0.3, 0.4) is 0 Å². The maximum absolute atomic E-state index is 6.23. The largest absolute Gasteiger partial charge is 0.491 e. The number of para-hydroxylation sites is 1. The number of hydrogen-bond acceptors (Lipinski definition) is 3. The first-order valence-corrected chi connectivity index (χ1v) is 7.61. The van der Waals surface area contributed by atoms with Crippen molar-refractivity contribution in [1.82, 2.24) is 4.98 Å². The van der Waals surface area contributed by atoms with Crippen LogP contribution in [-0.4, -0.2) is 11.6 Å². The Morgan fingerprint density at radius 2 is 2.10 bits per heavy atom. The first kappa shape index (κ1) is 13.2. The van der Waals surface area contributed by atoms with Gasteiger partial charge in [0.25, 0.3) is 0 Å². The van der Waals surface area contributed by atoms with E-state index in [1.165, 1.54) is 25.7 Å². The fraction of sp³-hybridized carbons (Fsp3) is 0.471. The Balaban J connectivity index is 2.06. The molecule has 20 heavy (non-hydrogen) atoms. The molecule has 0 saturated heterocycles. The maximum Gasteiger partial charge on any atom is 0.145 e. The van der Waals surface area contributed by atoms with Crippen molar-refractivity contribution in [3.63, 3.8) is 0 Å². The minimum absolute atomic E-state index is 0.570. The van der Waals surface area contributed by atoms with Gasteiger partial charge in [0.1, 0.15) is 11.3 Å². The lowest BCUT2D eigenvalue weighted by atomic mass is 10.0. The Morgan fingerprint density at radius 3 is 2.85 bits per heavy atom.